The topological polar surface area (TPSA) is 54.8 Å². The molecule has 0 saturated carbocycles. The molecule has 3 heterocycles. The number of aromatic nitrogens is 3. The van der Waals surface area contributed by atoms with Crippen molar-refractivity contribution >= 4 is 29.7 Å². The van der Waals surface area contributed by atoms with Crippen LogP contribution in [0.4, 0.5) is 5.69 Å². The third-order valence-corrected chi connectivity index (χ3v) is 6.49. The summed E-state index contributed by atoms with van der Waals surface area (Å²) < 4.78 is 2.06. The van der Waals surface area contributed by atoms with Crippen LogP contribution in [0.15, 0.2) is 42.5 Å². The van der Waals surface area contributed by atoms with E-state index in [0.29, 0.717) is 5.92 Å². The van der Waals surface area contributed by atoms with E-state index in [1.54, 1.807) is 0 Å². The molecule has 1 atom stereocenters. The van der Waals surface area contributed by atoms with Crippen molar-refractivity contribution in [1.82, 2.24) is 20.3 Å². The van der Waals surface area contributed by atoms with E-state index in [-0.39, 0.29) is 18.4 Å². The summed E-state index contributed by atoms with van der Waals surface area (Å²) in [6.07, 6.45) is 3.36. The Hall–Kier alpha value is -2.08. The van der Waals surface area contributed by atoms with Crippen molar-refractivity contribution in [1.29, 1.82) is 0 Å². The summed E-state index contributed by atoms with van der Waals surface area (Å²) in [4.78, 5) is 0. The fourth-order valence-electron chi connectivity index (χ4n) is 4.69. The Kier molecular flexibility index (Phi) is 6.32. The molecule has 1 unspecified atom stereocenters. The zero-order valence-corrected chi connectivity index (χ0v) is 18.6. The number of benzene rings is 2. The van der Waals surface area contributed by atoms with Crippen molar-refractivity contribution in [2.75, 3.05) is 18.4 Å². The Balaban J connectivity index is 0.00000218. The van der Waals surface area contributed by atoms with Gasteiger partial charge in [0.15, 0.2) is 0 Å². The van der Waals surface area contributed by atoms with Gasteiger partial charge in [0.05, 0.1) is 17.4 Å². The van der Waals surface area contributed by atoms with Gasteiger partial charge in [-0.3, -0.25) is 0 Å². The number of piperidine rings is 1. The van der Waals surface area contributed by atoms with Crippen LogP contribution >= 0.6 is 24.0 Å². The van der Waals surface area contributed by atoms with Crippen LogP contribution in [0.1, 0.15) is 48.0 Å². The van der Waals surface area contributed by atoms with Crippen molar-refractivity contribution in [3.63, 3.8) is 0 Å². The molecule has 0 bridgehead atoms. The second-order valence-electron chi connectivity index (χ2n) is 8.11. The minimum absolute atomic E-state index is 0. The van der Waals surface area contributed by atoms with Crippen LogP contribution in [0.25, 0.3) is 11.3 Å². The second-order valence-corrected chi connectivity index (χ2v) is 8.55. The van der Waals surface area contributed by atoms with Gasteiger partial charge in [0.1, 0.15) is 0 Å². The fourth-order valence-corrected chi connectivity index (χ4v) is 4.81. The maximum absolute atomic E-state index is 6.08. The van der Waals surface area contributed by atoms with Gasteiger partial charge in [-0.05, 0) is 80.6 Å². The molecule has 2 aliphatic heterocycles. The van der Waals surface area contributed by atoms with E-state index >= 15 is 0 Å². The van der Waals surface area contributed by atoms with Crippen molar-refractivity contribution in [3.05, 3.63) is 64.3 Å². The smallest absolute Gasteiger partial charge is 0.0918 e. The standard InChI is InChI=1S/C23H26ClN5.ClH/c1-15-23-20-7-2-17(16-8-11-25-12-9-16)14-21(20)22(10-13-29(23)28-27-15)26-19-5-3-18(24)4-6-19;/h2-7,14,16,22,25-26H,8-13H2,1H3;1H. The summed E-state index contributed by atoms with van der Waals surface area (Å²) in [5.74, 6) is 0.630. The zero-order chi connectivity index (χ0) is 19.8. The highest BCUT2D eigenvalue weighted by Crippen LogP contribution is 2.39. The highest BCUT2D eigenvalue weighted by Gasteiger charge is 2.27. The van der Waals surface area contributed by atoms with E-state index in [1.807, 2.05) is 12.1 Å². The van der Waals surface area contributed by atoms with Gasteiger partial charge in [0, 0.05) is 22.8 Å². The molecular weight excluding hydrogens is 417 g/mol. The molecule has 30 heavy (non-hydrogen) atoms. The number of hydrogen-bond donors (Lipinski definition) is 2. The molecule has 0 amide bonds. The van der Waals surface area contributed by atoms with Crippen LogP contribution in [-0.2, 0) is 6.54 Å². The Bertz CT molecular complexity index is 1010. The van der Waals surface area contributed by atoms with Gasteiger partial charge in [-0.2, -0.15) is 0 Å². The molecule has 1 saturated heterocycles. The first-order valence-electron chi connectivity index (χ1n) is 10.5. The predicted octanol–water partition coefficient (Wildman–Crippen LogP) is 5.35. The zero-order valence-electron chi connectivity index (χ0n) is 17.1. The minimum Gasteiger partial charge on any atom is -0.378 e. The van der Waals surface area contributed by atoms with Gasteiger partial charge in [0.2, 0.25) is 0 Å². The van der Waals surface area contributed by atoms with E-state index < -0.39 is 0 Å². The summed E-state index contributed by atoms with van der Waals surface area (Å²) in [5.41, 5.74) is 7.28. The minimum atomic E-state index is 0. The van der Waals surface area contributed by atoms with Gasteiger partial charge >= 0.3 is 0 Å². The quantitative estimate of drug-likeness (QED) is 0.572. The summed E-state index contributed by atoms with van der Waals surface area (Å²) in [6, 6.07) is 15.2. The first kappa shape index (κ1) is 21.2. The molecule has 158 valence electrons. The van der Waals surface area contributed by atoms with Crippen LogP contribution in [0, 0.1) is 6.92 Å². The van der Waals surface area contributed by atoms with Crippen molar-refractivity contribution in [2.45, 2.75) is 44.7 Å². The Labute approximate surface area is 188 Å². The average Bonchev–Trinajstić information content (AvgIpc) is 3.05. The van der Waals surface area contributed by atoms with E-state index in [4.69, 9.17) is 11.6 Å². The number of hydrogen-bond acceptors (Lipinski definition) is 4. The Morgan fingerprint density at radius 3 is 2.60 bits per heavy atom. The van der Waals surface area contributed by atoms with E-state index in [9.17, 15) is 0 Å². The molecule has 5 rings (SSSR count). The third-order valence-electron chi connectivity index (χ3n) is 6.23. The maximum atomic E-state index is 6.08. The largest absolute Gasteiger partial charge is 0.378 e. The number of aryl methyl sites for hydroxylation is 2. The molecule has 2 N–H and O–H groups in total. The lowest BCUT2D eigenvalue weighted by molar-refractivity contribution is 0.460. The van der Waals surface area contributed by atoms with Crippen molar-refractivity contribution in [2.24, 2.45) is 0 Å². The van der Waals surface area contributed by atoms with Crippen LogP contribution < -0.4 is 10.6 Å². The highest BCUT2D eigenvalue weighted by molar-refractivity contribution is 6.30. The average molecular weight is 444 g/mol. The third kappa shape index (κ3) is 4.07. The van der Waals surface area contributed by atoms with E-state index in [0.717, 1.165) is 48.2 Å². The summed E-state index contributed by atoms with van der Waals surface area (Å²) >= 11 is 6.08. The lowest BCUT2D eigenvalue weighted by Crippen LogP contribution is -2.26. The molecule has 0 aliphatic carbocycles. The van der Waals surface area contributed by atoms with Gasteiger partial charge in [-0.15, -0.1) is 17.5 Å². The monoisotopic (exact) mass is 443 g/mol. The van der Waals surface area contributed by atoms with Crippen molar-refractivity contribution < 1.29 is 0 Å². The SMILES string of the molecule is Cc1nnn2c1-c1ccc(C3CCNCC3)cc1C(Nc1ccc(Cl)cc1)CC2.Cl. The summed E-state index contributed by atoms with van der Waals surface area (Å²) in [6.45, 7) is 5.10. The van der Waals surface area contributed by atoms with E-state index in [2.05, 4.69) is 62.9 Å². The molecule has 1 aromatic heterocycles. The van der Waals surface area contributed by atoms with Gasteiger partial charge in [-0.25, -0.2) is 4.68 Å². The number of nitrogens with zero attached hydrogens (tertiary/aromatic N) is 3. The fraction of sp³-hybridized carbons (Fsp3) is 0.391. The molecule has 7 heteroatoms. The second kappa shape index (κ2) is 8.96. The molecule has 0 radical (unpaired) electrons. The van der Waals surface area contributed by atoms with Crippen LogP contribution in [-0.4, -0.2) is 28.1 Å². The maximum Gasteiger partial charge on any atom is 0.0918 e. The lowest BCUT2D eigenvalue weighted by atomic mass is 9.86. The highest BCUT2D eigenvalue weighted by atomic mass is 35.5. The number of anilines is 1. The predicted molar refractivity (Wildman–Crippen MR) is 125 cm³/mol. The van der Waals surface area contributed by atoms with Crippen LogP contribution in [0.3, 0.4) is 0 Å². The van der Waals surface area contributed by atoms with E-state index in [1.165, 1.54) is 29.5 Å². The van der Waals surface area contributed by atoms with Crippen molar-refractivity contribution in [3.8, 4) is 11.3 Å². The van der Waals surface area contributed by atoms with Gasteiger partial charge in [0.25, 0.3) is 0 Å². The molecule has 3 aromatic rings. The normalized spacial score (nSPS) is 18.7. The van der Waals surface area contributed by atoms with Crippen LogP contribution in [0.5, 0.6) is 0 Å². The number of halogens is 2. The molecule has 2 aromatic carbocycles. The number of rotatable bonds is 3. The molecule has 0 spiro atoms. The lowest BCUT2D eigenvalue weighted by Gasteiger charge is -2.26. The first-order valence-corrected chi connectivity index (χ1v) is 10.8. The summed E-state index contributed by atoms with van der Waals surface area (Å²) in [5, 5.41) is 16.7. The number of nitrogens with one attached hydrogen (secondary N) is 2. The van der Waals surface area contributed by atoms with Gasteiger partial charge in [-0.1, -0.05) is 35.0 Å². The first-order chi connectivity index (χ1) is 14.2. The Morgan fingerprint density at radius 2 is 1.83 bits per heavy atom. The summed E-state index contributed by atoms with van der Waals surface area (Å²) in [7, 11) is 0. The van der Waals surface area contributed by atoms with Gasteiger partial charge < -0.3 is 10.6 Å². The molecular formula is C23H27Cl2N5. The molecule has 5 nitrogen and oxygen atoms in total. The molecule has 1 fully saturated rings. The number of fused-ring (bicyclic) bond motifs is 3. The van der Waals surface area contributed by atoms with Crippen LogP contribution in [0.2, 0.25) is 5.02 Å². The Morgan fingerprint density at radius 1 is 1.07 bits per heavy atom. The molecule has 2 aliphatic rings.